The Hall–Kier alpha value is -0.220. The molecule has 3 nitrogen and oxygen atoms in total. The van der Waals surface area contributed by atoms with Gasteiger partial charge in [0.2, 0.25) is 0 Å². The fraction of sp³-hybridized carbons (Fsp3) is 0.889. The van der Waals surface area contributed by atoms with Crippen molar-refractivity contribution >= 4 is 17.9 Å². The molecular weight excluding hydrogens is 186 g/mol. The molecule has 13 heavy (non-hydrogen) atoms. The van der Waals surface area contributed by atoms with Crippen LogP contribution in [0.25, 0.3) is 0 Å². The van der Waals surface area contributed by atoms with E-state index in [1.54, 1.807) is 0 Å². The fourth-order valence-electron chi connectivity index (χ4n) is 0.778. The van der Waals surface area contributed by atoms with E-state index in [1.165, 1.54) is 24.8 Å². The molecule has 1 rings (SSSR count). The Morgan fingerprint density at radius 2 is 2.23 bits per heavy atom. The molecule has 0 amide bonds. The summed E-state index contributed by atoms with van der Waals surface area (Å²) in [6, 6.07) is 0.610. The van der Waals surface area contributed by atoms with Gasteiger partial charge in [0.15, 0.2) is 0 Å². The standard InChI is InChI=1S/C9H17NO2S/c1-4-12-8(11)9(2,3)13-10-7-5-6-7/h7,10H,4-6H2,1-3H3. The van der Waals surface area contributed by atoms with Crippen LogP contribution in [-0.2, 0) is 9.53 Å². The van der Waals surface area contributed by atoms with Crippen molar-refractivity contribution in [1.82, 2.24) is 4.72 Å². The molecule has 76 valence electrons. The molecule has 0 aromatic carbocycles. The number of rotatable bonds is 5. The van der Waals surface area contributed by atoms with E-state index in [2.05, 4.69) is 4.72 Å². The van der Waals surface area contributed by atoms with Gasteiger partial charge in [0, 0.05) is 6.04 Å². The second kappa shape index (κ2) is 4.33. The van der Waals surface area contributed by atoms with E-state index in [1.807, 2.05) is 20.8 Å². The van der Waals surface area contributed by atoms with Crippen molar-refractivity contribution in [1.29, 1.82) is 0 Å². The molecule has 4 heteroatoms. The number of ether oxygens (including phenoxy) is 1. The van der Waals surface area contributed by atoms with Crippen LogP contribution < -0.4 is 4.72 Å². The lowest BCUT2D eigenvalue weighted by Crippen LogP contribution is -2.33. The first-order valence-electron chi connectivity index (χ1n) is 4.67. The summed E-state index contributed by atoms with van der Waals surface area (Å²) in [5, 5.41) is 0. The van der Waals surface area contributed by atoms with Crippen LogP contribution in [0, 0.1) is 0 Å². The first kappa shape index (κ1) is 10.9. The number of hydrogen-bond donors (Lipinski definition) is 1. The molecule has 0 unspecified atom stereocenters. The summed E-state index contributed by atoms with van der Waals surface area (Å²) in [7, 11) is 0. The molecule has 1 aliphatic rings. The molecule has 0 bridgehead atoms. The molecule has 0 heterocycles. The maximum absolute atomic E-state index is 11.4. The topological polar surface area (TPSA) is 38.3 Å². The zero-order valence-corrected chi connectivity index (χ0v) is 9.24. The summed E-state index contributed by atoms with van der Waals surface area (Å²) in [4.78, 5) is 11.4. The normalized spacial score (nSPS) is 17.2. The molecule has 0 radical (unpaired) electrons. The number of nitrogens with one attached hydrogen (secondary N) is 1. The lowest BCUT2D eigenvalue weighted by molar-refractivity contribution is -0.145. The Morgan fingerprint density at radius 3 is 2.69 bits per heavy atom. The maximum atomic E-state index is 11.4. The third kappa shape index (κ3) is 3.56. The van der Waals surface area contributed by atoms with Crippen molar-refractivity contribution < 1.29 is 9.53 Å². The van der Waals surface area contributed by atoms with Crippen molar-refractivity contribution in [3.8, 4) is 0 Å². The van der Waals surface area contributed by atoms with E-state index in [0.29, 0.717) is 12.6 Å². The van der Waals surface area contributed by atoms with E-state index < -0.39 is 4.75 Å². The zero-order valence-electron chi connectivity index (χ0n) is 8.42. The van der Waals surface area contributed by atoms with Crippen LogP contribution in [0.4, 0.5) is 0 Å². The second-order valence-corrected chi connectivity index (χ2v) is 5.19. The predicted molar refractivity (Wildman–Crippen MR) is 54.5 cm³/mol. The van der Waals surface area contributed by atoms with Crippen molar-refractivity contribution in [3.05, 3.63) is 0 Å². The minimum absolute atomic E-state index is 0.145. The summed E-state index contributed by atoms with van der Waals surface area (Å²) in [6.45, 7) is 6.04. The summed E-state index contributed by atoms with van der Waals surface area (Å²) < 4.78 is 7.74. The maximum Gasteiger partial charge on any atom is 0.322 e. The predicted octanol–water partition coefficient (Wildman–Crippen LogP) is 1.73. The minimum Gasteiger partial charge on any atom is -0.465 e. The number of esters is 1. The second-order valence-electron chi connectivity index (χ2n) is 3.72. The summed E-state index contributed by atoms with van der Waals surface area (Å²) in [6.07, 6.45) is 2.46. The van der Waals surface area contributed by atoms with Gasteiger partial charge in [-0.3, -0.25) is 9.52 Å². The van der Waals surface area contributed by atoms with E-state index in [-0.39, 0.29) is 5.97 Å². The van der Waals surface area contributed by atoms with Gasteiger partial charge in [0.05, 0.1) is 6.61 Å². The largest absolute Gasteiger partial charge is 0.465 e. The van der Waals surface area contributed by atoms with Crippen LogP contribution in [0.3, 0.4) is 0 Å². The van der Waals surface area contributed by atoms with E-state index >= 15 is 0 Å². The van der Waals surface area contributed by atoms with Gasteiger partial charge in [-0.25, -0.2) is 0 Å². The van der Waals surface area contributed by atoms with Crippen LogP contribution in [0.5, 0.6) is 0 Å². The first-order valence-corrected chi connectivity index (χ1v) is 5.48. The minimum atomic E-state index is -0.474. The molecule has 1 aliphatic carbocycles. The molecule has 1 N–H and O–H groups in total. The highest BCUT2D eigenvalue weighted by atomic mass is 32.2. The number of carbonyl (C=O) groups excluding carboxylic acids is 1. The van der Waals surface area contributed by atoms with Crippen LogP contribution in [-0.4, -0.2) is 23.4 Å². The average molecular weight is 203 g/mol. The molecule has 0 spiro atoms. The van der Waals surface area contributed by atoms with Gasteiger partial charge in [0.1, 0.15) is 4.75 Å². The van der Waals surface area contributed by atoms with E-state index in [0.717, 1.165) is 0 Å². The summed E-state index contributed by atoms with van der Waals surface area (Å²) in [5.41, 5.74) is 0. The highest BCUT2D eigenvalue weighted by Crippen LogP contribution is 2.29. The van der Waals surface area contributed by atoms with Crippen LogP contribution >= 0.6 is 11.9 Å². The third-order valence-electron chi connectivity index (χ3n) is 1.83. The molecular formula is C9H17NO2S. The molecule has 0 aliphatic heterocycles. The van der Waals surface area contributed by atoms with Gasteiger partial charge in [0.25, 0.3) is 0 Å². The summed E-state index contributed by atoms with van der Waals surface area (Å²) >= 11 is 1.47. The zero-order chi connectivity index (χ0) is 9.90. The highest BCUT2D eigenvalue weighted by molar-refractivity contribution is 7.99. The first-order chi connectivity index (χ1) is 6.06. The van der Waals surface area contributed by atoms with Gasteiger partial charge in [-0.1, -0.05) is 11.9 Å². The number of hydrogen-bond acceptors (Lipinski definition) is 4. The summed E-state index contributed by atoms with van der Waals surface area (Å²) in [5.74, 6) is -0.145. The Kier molecular flexibility index (Phi) is 3.62. The van der Waals surface area contributed by atoms with Crippen LogP contribution in [0.2, 0.25) is 0 Å². The van der Waals surface area contributed by atoms with Crippen molar-refractivity contribution in [2.75, 3.05) is 6.61 Å². The fourth-order valence-corrected chi connectivity index (χ4v) is 1.62. The quantitative estimate of drug-likeness (QED) is 0.545. The Balaban J connectivity index is 2.28. The van der Waals surface area contributed by atoms with Crippen LogP contribution in [0.1, 0.15) is 33.6 Å². The van der Waals surface area contributed by atoms with Crippen molar-refractivity contribution in [3.63, 3.8) is 0 Å². The van der Waals surface area contributed by atoms with Crippen LogP contribution in [0.15, 0.2) is 0 Å². The highest BCUT2D eigenvalue weighted by Gasteiger charge is 2.32. The third-order valence-corrected chi connectivity index (χ3v) is 2.95. The van der Waals surface area contributed by atoms with Gasteiger partial charge in [-0.05, 0) is 33.6 Å². The van der Waals surface area contributed by atoms with Crippen molar-refractivity contribution in [2.24, 2.45) is 0 Å². The van der Waals surface area contributed by atoms with Gasteiger partial charge in [-0.15, -0.1) is 0 Å². The van der Waals surface area contributed by atoms with Gasteiger partial charge < -0.3 is 4.74 Å². The van der Waals surface area contributed by atoms with Crippen molar-refractivity contribution in [2.45, 2.75) is 44.4 Å². The SMILES string of the molecule is CCOC(=O)C(C)(C)SNC1CC1. The number of carbonyl (C=O) groups is 1. The van der Waals surface area contributed by atoms with Gasteiger partial charge in [-0.2, -0.15) is 0 Å². The Morgan fingerprint density at radius 1 is 1.62 bits per heavy atom. The Labute approximate surface area is 83.7 Å². The lowest BCUT2D eigenvalue weighted by atomic mass is 10.2. The lowest BCUT2D eigenvalue weighted by Gasteiger charge is -2.21. The van der Waals surface area contributed by atoms with Gasteiger partial charge >= 0.3 is 5.97 Å². The van der Waals surface area contributed by atoms with E-state index in [9.17, 15) is 4.79 Å². The average Bonchev–Trinajstić information content (AvgIpc) is 2.84. The molecule has 1 fully saturated rings. The molecule has 0 saturated heterocycles. The molecule has 0 atom stereocenters. The molecule has 0 aromatic rings. The molecule has 0 aromatic heterocycles. The molecule has 1 saturated carbocycles. The van der Waals surface area contributed by atoms with E-state index in [4.69, 9.17) is 4.74 Å². The monoisotopic (exact) mass is 203 g/mol. The Bertz CT molecular complexity index is 190. The smallest absolute Gasteiger partial charge is 0.322 e.